The third-order valence-corrected chi connectivity index (χ3v) is 3.46. The van der Waals surface area contributed by atoms with Crippen LogP contribution in [0.1, 0.15) is 11.4 Å². The number of aromatic nitrogens is 5. The van der Waals surface area contributed by atoms with Crippen molar-refractivity contribution in [3.8, 4) is 11.5 Å². The van der Waals surface area contributed by atoms with E-state index in [1.807, 2.05) is 18.2 Å². The topological polar surface area (TPSA) is 115 Å². The van der Waals surface area contributed by atoms with E-state index in [1.165, 1.54) is 0 Å². The summed E-state index contributed by atoms with van der Waals surface area (Å²) in [6.45, 7) is 1.71. The minimum atomic E-state index is -0.0574. The van der Waals surface area contributed by atoms with Gasteiger partial charge in [-0.05, 0) is 42.9 Å². The number of fused-ring (bicyclic) bond motifs is 1. The Balaban J connectivity index is 1.65. The Hall–Kier alpha value is -3.26. The summed E-state index contributed by atoms with van der Waals surface area (Å²) in [5.41, 5.74) is 3.13. The van der Waals surface area contributed by atoms with Crippen LogP contribution in [0.25, 0.3) is 27.8 Å². The summed E-state index contributed by atoms with van der Waals surface area (Å²) >= 11 is 0. The number of aliphatic hydroxyl groups excluding tert-OH is 1. The number of rotatable bonds is 4. The Kier molecular flexibility index (Phi) is 3.43. The van der Waals surface area contributed by atoms with Crippen LogP contribution in [-0.4, -0.2) is 30.2 Å². The van der Waals surface area contributed by atoms with E-state index in [2.05, 4.69) is 30.4 Å². The zero-order valence-corrected chi connectivity index (χ0v) is 12.8. The highest BCUT2D eigenvalue weighted by Crippen LogP contribution is 2.29. The van der Waals surface area contributed by atoms with Crippen LogP contribution in [0.2, 0.25) is 0 Å². The van der Waals surface area contributed by atoms with E-state index >= 15 is 0 Å². The number of aliphatic hydroxyl groups is 1. The van der Waals surface area contributed by atoms with Gasteiger partial charge < -0.3 is 29.9 Å². The molecule has 3 aromatic heterocycles. The summed E-state index contributed by atoms with van der Waals surface area (Å²) in [6, 6.07) is 9.05. The molecule has 0 saturated heterocycles. The molecule has 0 bridgehead atoms. The van der Waals surface area contributed by atoms with Gasteiger partial charge in [0.15, 0.2) is 5.82 Å². The summed E-state index contributed by atoms with van der Waals surface area (Å²) in [6.07, 6.45) is 1.60. The molecule has 3 heterocycles. The molecule has 2 N–H and O–H groups in total. The molecule has 1 aromatic carbocycles. The highest BCUT2D eigenvalue weighted by molar-refractivity contribution is 5.83. The molecule has 8 heteroatoms. The molecular weight excluding hydrogens is 308 g/mol. The Bertz CT molecular complexity index is 1010. The van der Waals surface area contributed by atoms with Crippen molar-refractivity contribution in [2.45, 2.75) is 13.5 Å². The van der Waals surface area contributed by atoms with Crippen molar-refractivity contribution >= 4 is 22.8 Å². The maximum absolute atomic E-state index is 9.17. The monoisotopic (exact) mass is 321 g/mol. The fraction of sp³-hybridized carbons (Fsp3) is 0.125. The van der Waals surface area contributed by atoms with Gasteiger partial charge in [-0.3, -0.25) is 0 Å². The van der Waals surface area contributed by atoms with E-state index in [0.717, 1.165) is 22.2 Å². The highest BCUT2D eigenvalue weighted by atomic mass is 16.5. The van der Waals surface area contributed by atoms with Crippen LogP contribution in [0, 0.1) is 6.92 Å². The molecule has 0 atom stereocenters. The number of aromatic amines is 1. The molecule has 4 rings (SSSR count). The number of nitrogens with one attached hydrogen (secondary N) is 1. The SMILES string of the molecule is Cc1noc(-c2ccc3nc([N-]c4cc(CO)ccn4)[nH]c3c2)n1. The third kappa shape index (κ3) is 2.70. The molecular formula is C16H13N6O2-. The van der Waals surface area contributed by atoms with E-state index in [4.69, 9.17) is 4.52 Å². The molecule has 0 aliphatic heterocycles. The summed E-state index contributed by atoms with van der Waals surface area (Å²) in [5.74, 6) is 1.96. The van der Waals surface area contributed by atoms with Gasteiger partial charge in [-0.25, -0.2) is 0 Å². The molecule has 4 aromatic rings. The molecule has 0 fully saturated rings. The molecule has 0 aliphatic rings. The van der Waals surface area contributed by atoms with Gasteiger partial charge in [-0.2, -0.15) is 4.98 Å². The molecule has 0 radical (unpaired) electrons. The summed E-state index contributed by atoms with van der Waals surface area (Å²) < 4.78 is 5.17. The van der Waals surface area contributed by atoms with Crippen LogP contribution in [0.15, 0.2) is 41.1 Å². The van der Waals surface area contributed by atoms with E-state index in [1.54, 1.807) is 25.3 Å². The number of nitrogens with zero attached hydrogens (tertiary/aromatic N) is 5. The van der Waals surface area contributed by atoms with Crippen LogP contribution in [0.5, 0.6) is 0 Å². The second-order valence-corrected chi connectivity index (χ2v) is 5.23. The molecule has 0 saturated carbocycles. The lowest BCUT2D eigenvalue weighted by Gasteiger charge is -2.08. The summed E-state index contributed by atoms with van der Waals surface area (Å²) in [7, 11) is 0. The first-order valence-electron chi connectivity index (χ1n) is 7.29. The smallest absolute Gasteiger partial charge is 0.257 e. The highest BCUT2D eigenvalue weighted by Gasteiger charge is 2.07. The first-order valence-corrected chi connectivity index (χ1v) is 7.29. The molecule has 8 nitrogen and oxygen atoms in total. The Morgan fingerprint density at radius 1 is 1.21 bits per heavy atom. The van der Waals surface area contributed by atoms with Gasteiger partial charge in [-0.15, -0.1) is 0 Å². The molecule has 0 aliphatic carbocycles. The average molecular weight is 321 g/mol. The summed E-state index contributed by atoms with van der Waals surface area (Å²) in [5, 5.41) is 17.3. The van der Waals surface area contributed by atoms with Crippen LogP contribution in [0.4, 0.5) is 11.8 Å². The van der Waals surface area contributed by atoms with Gasteiger partial charge in [-0.1, -0.05) is 11.2 Å². The van der Waals surface area contributed by atoms with Gasteiger partial charge in [0.25, 0.3) is 5.89 Å². The van der Waals surface area contributed by atoms with Crippen molar-refractivity contribution in [3.05, 3.63) is 53.2 Å². The van der Waals surface area contributed by atoms with Crippen LogP contribution in [0.3, 0.4) is 0 Å². The first-order chi connectivity index (χ1) is 11.7. The number of H-pyrrole nitrogens is 1. The zero-order valence-electron chi connectivity index (χ0n) is 12.8. The van der Waals surface area contributed by atoms with Crippen molar-refractivity contribution in [2.24, 2.45) is 0 Å². The van der Waals surface area contributed by atoms with Crippen molar-refractivity contribution < 1.29 is 9.63 Å². The normalized spacial score (nSPS) is 11.1. The van der Waals surface area contributed by atoms with E-state index in [-0.39, 0.29) is 6.61 Å². The van der Waals surface area contributed by atoms with E-state index < -0.39 is 0 Å². The number of pyridine rings is 1. The largest absolute Gasteiger partial charge is 0.392 e. The molecule has 0 spiro atoms. The van der Waals surface area contributed by atoms with Crippen molar-refractivity contribution in [1.82, 2.24) is 25.1 Å². The number of hydrogen-bond donors (Lipinski definition) is 2. The fourth-order valence-electron chi connectivity index (χ4n) is 2.33. The lowest BCUT2D eigenvalue weighted by Crippen LogP contribution is -1.84. The number of aryl methyl sites for hydroxylation is 1. The predicted octanol–water partition coefficient (Wildman–Crippen LogP) is 3.15. The number of hydrogen-bond acceptors (Lipinski definition) is 6. The van der Waals surface area contributed by atoms with Gasteiger partial charge >= 0.3 is 0 Å². The van der Waals surface area contributed by atoms with Gasteiger partial charge in [0, 0.05) is 22.4 Å². The second kappa shape index (κ2) is 5.74. The second-order valence-electron chi connectivity index (χ2n) is 5.23. The van der Waals surface area contributed by atoms with Crippen molar-refractivity contribution in [3.63, 3.8) is 0 Å². The fourth-order valence-corrected chi connectivity index (χ4v) is 2.33. The minimum absolute atomic E-state index is 0.0574. The minimum Gasteiger partial charge on any atom is -0.392 e. The Morgan fingerprint density at radius 3 is 2.92 bits per heavy atom. The van der Waals surface area contributed by atoms with Gasteiger partial charge in [0.05, 0.1) is 12.6 Å². The number of benzene rings is 1. The van der Waals surface area contributed by atoms with Crippen LogP contribution in [-0.2, 0) is 6.61 Å². The zero-order chi connectivity index (χ0) is 16.5. The Labute approximate surface area is 136 Å². The predicted molar refractivity (Wildman–Crippen MR) is 87.0 cm³/mol. The number of imidazole rings is 1. The Morgan fingerprint density at radius 2 is 2.12 bits per heavy atom. The lowest BCUT2D eigenvalue weighted by molar-refractivity contribution is 0.282. The first kappa shape index (κ1) is 14.3. The molecule has 0 unspecified atom stereocenters. The standard InChI is InChI=1S/C16H13N6O2/c1-9-18-15(24-22-9)11-2-3-12-13(7-11)20-16(19-12)21-14-6-10(8-23)4-5-17-14/h2-7,23H,8H2,1H3,(H-,17,19,20,21)/q-1. The van der Waals surface area contributed by atoms with Crippen molar-refractivity contribution in [1.29, 1.82) is 0 Å². The maximum Gasteiger partial charge on any atom is 0.257 e. The summed E-state index contributed by atoms with van der Waals surface area (Å²) in [4.78, 5) is 15.9. The van der Waals surface area contributed by atoms with Crippen LogP contribution < -0.4 is 0 Å². The van der Waals surface area contributed by atoms with Crippen LogP contribution >= 0.6 is 0 Å². The van der Waals surface area contributed by atoms with E-state index in [0.29, 0.717) is 23.5 Å². The molecule has 0 amide bonds. The third-order valence-electron chi connectivity index (χ3n) is 3.46. The maximum atomic E-state index is 9.17. The molecule has 24 heavy (non-hydrogen) atoms. The van der Waals surface area contributed by atoms with E-state index in [9.17, 15) is 5.11 Å². The molecule has 120 valence electrons. The van der Waals surface area contributed by atoms with Crippen molar-refractivity contribution in [2.75, 3.05) is 0 Å². The van der Waals surface area contributed by atoms with Gasteiger partial charge in [0.1, 0.15) is 0 Å². The van der Waals surface area contributed by atoms with Gasteiger partial charge in [0.2, 0.25) is 0 Å². The quantitative estimate of drug-likeness (QED) is 0.596. The average Bonchev–Trinajstić information content (AvgIpc) is 3.19. The lowest BCUT2D eigenvalue weighted by atomic mass is 10.2.